The van der Waals surface area contributed by atoms with Crippen LogP contribution in [0.5, 0.6) is 0 Å². The van der Waals surface area contributed by atoms with Crippen molar-refractivity contribution in [2.24, 2.45) is 10.9 Å². The summed E-state index contributed by atoms with van der Waals surface area (Å²) in [6, 6.07) is 0. The average molecular weight is 509 g/mol. The number of carbonyl (C=O) groups is 1. The van der Waals surface area contributed by atoms with E-state index in [4.69, 9.17) is 0 Å². The number of hydrogen-bond donors (Lipinski definition) is 1. The third kappa shape index (κ3) is 7.40. The molecular formula is C17H32IN7OS. The van der Waals surface area contributed by atoms with Gasteiger partial charge in [-0.1, -0.05) is 20.8 Å². The summed E-state index contributed by atoms with van der Waals surface area (Å²) in [4.78, 5) is 27.1. The fraction of sp³-hybridized carbons (Fsp3) is 0.765. The van der Waals surface area contributed by atoms with Crippen molar-refractivity contribution in [3.63, 3.8) is 0 Å². The number of carbonyl (C=O) groups excluding carboxylic acids is 1. The van der Waals surface area contributed by atoms with Crippen LogP contribution >= 0.6 is 35.5 Å². The van der Waals surface area contributed by atoms with Gasteiger partial charge in [-0.3, -0.25) is 4.79 Å². The van der Waals surface area contributed by atoms with E-state index >= 15 is 0 Å². The van der Waals surface area contributed by atoms with E-state index in [0.717, 1.165) is 56.1 Å². The second kappa shape index (κ2) is 11.6. The molecular weight excluding hydrogens is 477 g/mol. The molecule has 154 valence electrons. The molecule has 1 aliphatic heterocycles. The third-order valence-electron chi connectivity index (χ3n) is 4.15. The van der Waals surface area contributed by atoms with Gasteiger partial charge in [-0.2, -0.15) is 4.37 Å². The van der Waals surface area contributed by atoms with E-state index < -0.39 is 0 Å². The molecule has 8 nitrogen and oxygen atoms in total. The number of nitrogens with one attached hydrogen (secondary N) is 1. The number of halogens is 1. The maximum Gasteiger partial charge on any atom is 0.243 e. The first-order valence-electron chi connectivity index (χ1n) is 9.21. The van der Waals surface area contributed by atoms with Gasteiger partial charge in [0.05, 0.1) is 0 Å². The summed E-state index contributed by atoms with van der Waals surface area (Å²) < 4.78 is 4.38. The summed E-state index contributed by atoms with van der Waals surface area (Å²) in [7, 11) is 3.51. The standard InChI is InChI=1S/C17H31N7OS.HI/c1-6-14-20-17(26-21-14)24-9-7-23(8-10-24)16(18-11-13(2)3)19-12-15(25)22(4)5;/h13H,6-12H2,1-5H3,(H,18,19);1H. The maximum absolute atomic E-state index is 11.9. The Bertz CT molecular complexity index is 612. The summed E-state index contributed by atoms with van der Waals surface area (Å²) in [5.41, 5.74) is 0. The van der Waals surface area contributed by atoms with Crippen molar-refractivity contribution in [3.05, 3.63) is 5.82 Å². The summed E-state index contributed by atoms with van der Waals surface area (Å²) in [6.07, 6.45) is 0.867. The molecule has 1 amide bonds. The van der Waals surface area contributed by atoms with Gasteiger partial charge in [-0.25, -0.2) is 9.98 Å². The van der Waals surface area contributed by atoms with Gasteiger partial charge in [0.15, 0.2) is 5.96 Å². The zero-order chi connectivity index (χ0) is 19.1. The second-order valence-corrected chi connectivity index (χ2v) is 7.75. The monoisotopic (exact) mass is 509 g/mol. The minimum absolute atomic E-state index is 0. The van der Waals surface area contributed by atoms with Gasteiger partial charge in [0.1, 0.15) is 12.4 Å². The molecule has 1 aromatic heterocycles. The van der Waals surface area contributed by atoms with Gasteiger partial charge in [0, 0.05) is 64.8 Å². The highest BCUT2D eigenvalue weighted by atomic mass is 127. The molecule has 27 heavy (non-hydrogen) atoms. The number of nitrogens with zero attached hydrogens (tertiary/aromatic N) is 6. The Morgan fingerprint density at radius 3 is 2.48 bits per heavy atom. The number of rotatable bonds is 6. The van der Waals surface area contributed by atoms with Crippen LogP contribution in [0, 0.1) is 5.92 Å². The zero-order valence-electron chi connectivity index (χ0n) is 16.9. The van der Waals surface area contributed by atoms with E-state index in [-0.39, 0.29) is 36.4 Å². The van der Waals surface area contributed by atoms with Crippen LogP contribution in [0.1, 0.15) is 26.6 Å². The highest BCUT2D eigenvalue weighted by molar-refractivity contribution is 14.0. The first kappa shape index (κ1) is 23.9. The molecule has 0 aromatic carbocycles. The number of amides is 1. The molecule has 0 radical (unpaired) electrons. The lowest BCUT2D eigenvalue weighted by Crippen LogP contribution is -2.53. The fourth-order valence-electron chi connectivity index (χ4n) is 2.47. The summed E-state index contributed by atoms with van der Waals surface area (Å²) in [5, 5.41) is 4.41. The topological polar surface area (TPSA) is 77.0 Å². The molecule has 1 saturated heterocycles. The number of hydrogen-bond acceptors (Lipinski definition) is 6. The molecule has 2 heterocycles. The molecule has 0 atom stereocenters. The van der Waals surface area contributed by atoms with Crippen LogP contribution in [0.4, 0.5) is 5.13 Å². The van der Waals surface area contributed by atoms with Crippen LogP contribution in [0.3, 0.4) is 0 Å². The van der Waals surface area contributed by atoms with Gasteiger partial charge < -0.3 is 20.0 Å². The van der Waals surface area contributed by atoms with Crippen LogP contribution in [0.15, 0.2) is 4.99 Å². The molecule has 2 rings (SSSR count). The van der Waals surface area contributed by atoms with Gasteiger partial charge in [-0.15, -0.1) is 24.0 Å². The Hall–Kier alpha value is -1.17. The Morgan fingerprint density at radius 2 is 1.96 bits per heavy atom. The molecule has 0 spiro atoms. The highest BCUT2D eigenvalue weighted by Crippen LogP contribution is 2.19. The van der Waals surface area contributed by atoms with Crippen molar-refractivity contribution in [3.8, 4) is 0 Å². The van der Waals surface area contributed by atoms with Crippen LogP contribution in [-0.4, -0.2) is 84.4 Å². The number of anilines is 1. The molecule has 1 aromatic rings. The van der Waals surface area contributed by atoms with Crippen LogP contribution in [0.25, 0.3) is 0 Å². The Labute approximate surface area is 183 Å². The molecule has 1 fully saturated rings. The van der Waals surface area contributed by atoms with E-state index in [1.54, 1.807) is 19.0 Å². The first-order chi connectivity index (χ1) is 12.4. The SMILES string of the molecule is CCc1nsc(N2CCN(C(=NCC(=O)N(C)C)NCC(C)C)CC2)n1.I. The predicted molar refractivity (Wildman–Crippen MR) is 122 cm³/mol. The minimum Gasteiger partial charge on any atom is -0.356 e. The highest BCUT2D eigenvalue weighted by Gasteiger charge is 2.22. The lowest BCUT2D eigenvalue weighted by Gasteiger charge is -2.36. The Balaban J connectivity index is 0.00000364. The smallest absolute Gasteiger partial charge is 0.243 e. The van der Waals surface area contributed by atoms with Crippen molar-refractivity contribution < 1.29 is 4.79 Å². The zero-order valence-corrected chi connectivity index (χ0v) is 20.1. The van der Waals surface area contributed by atoms with E-state index in [1.807, 2.05) is 0 Å². The lowest BCUT2D eigenvalue weighted by molar-refractivity contribution is -0.127. The number of piperazine rings is 1. The largest absolute Gasteiger partial charge is 0.356 e. The first-order valence-corrected chi connectivity index (χ1v) is 9.99. The van der Waals surface area contributed by atoms with E-state index in [2.05, 4.69) is 50.2 Å². The molecule has 10 heteroatoms. The van der Waals surface area contributed by atoms with Crippen LogP contribution in [0.2, 0.25) is 0 Å². The predicted octanol–water partition coefficient (Wildman–Crippen LogP) is 1.53. The fourth-order valence-corrected chi connectivity index (χ4v) is 3.27. The van der Waals surface area contributed by atoms with Crippen molar-refractivity contribution in [2.75, 3.05) is 58.3 Å². The van der Waals surface area contributed by atoms with Crippen molar-refractivity contribution >= 4 is 52.5 Å². The molecule has 0 unspecified atom stereocenters. The molecule has 1 aliphatic rings. The second-order valence-electron chi connectivity index (χ2n) is 7.02. The van der Waals surface area contributed by atoms with Crippen LogP contribution < -0.4 is 10.2 Å². The van der Waals surface area contributed by atoms with Crippen molar-refractivity contribution in [1.29, 1.82) is 0 Å². The summed E-state index contributed by atoms with van der Waals surface area (Å²) in [6.45, 7) is 10.9. The van der Waals surface area contributed by atoms with E-state index in [1.165, 1.54) is 11.5 Å². The Morgan fingerprint density at radius 1 is 1.30 bits per heavy atom. The molecule has 0 saturated carbocycles. The van der Waals surface area contributed by atoms with E-state index in [9.17, 15) is 4.79 Å². The van der Waals surface area contributed by atoms with Gasteiger partial charge in [0.25, 0.3) is 0 Å². The molecule has 0 bridgehead atoms. The third-order valence-corrected chi connectivity index (χ3v) is 4.97. The van der Waals surface area contributed by atoms with E-state index in [0.29, 0.717) is 5.92 Å². The minimum atomic E-state index is 0. The average Bonchev–Trinajstić information content (AvgIpc) is 3.10. The van der Waals surface area contributed by atoms with Gasteiger partial charge >= 0.3 is 0 Å². The number of guanidine groups is 1. The summed E-state index contributed by atoms with van der Waals surface area (Å²) in [5.74, 6) is 2.25. The lowest BCUT2D eigenvalue weighted by atomic mass is 10.2. The molecule has 1 N–H and O–H groups in total. The van der Waals surface area contributed by atoms with Crippen molar-refractivity contribution in [1.82, 2.24) is 24.5 Å². The number of aliphatic imine (C=N–C) groups is 1. The van der Waals surface area contributed by atoms with Gasteiger partial charge in [0.2, 0.25) is 11.0 Å². The summed E-state index contributed by atoms with van der Waals surface area (Å²) >= 11 is 1.47. The maximum atomic E-state index is 11.9. The number of aryl methyl sites for hydroxylation is 1. The Kier molecular flexibility index (Phi) is 10.3. The normalized spacial score (nSPS) is 15.0. The van der Waals surface area contributed by atoms with Crippen LogP contribution in [-0.2, 0) is 11.2 Å². The number of aromatic nitrogens is 2. The number of likely N-dealkylation sites (N-methyl/N-ethyl adjacent to an activating group) is 1. The van der Waals surface area contributed by atoms with Crippen molar-refractivity contribution in [2.45, 2.75) is 27.2 Å². The molecule has 0 aliphatic carbocycles. The van der Waals surface area contributed by atoms with Gasteiger partial charge in [-0.05, 0) is 5.92 Å². The quantitative estimate of drug-likeness (QED) is 0.356.